The Kier molecular flexibility index (Phi) is 3.67. The van der Waals surface area contributed by atoms with Gasteiger partial charge >= 0.3 is 0 Å². The molecule has 1 heterocycles. The lowest BCUT2D eigenvalue weighted by atomic mass is 10.2. The van der Waals surface area contributed by atoms with Gasteiger partial charge in [0.05, 0.1) is 0 Å². The van der Waals surface area contributed by atoms with E-state index in [0.29, 0.717) is 16.5 Å². The smallest absolute Gasteiger partial charge is 0.294 e. The number of rotatable bonds is 1. The van der Waals surface area contributed by atoms with E-state index in [-0.39, 0.29) is 11.7 Å². The van der Waals surface area contributed by atoms with Crippen LogP contribution in [0.5, 0.6) is 0 Å². The van der Waals surface area contributed by atoms with Crippen LogP contribution >= 0.6 is 11.6 Å². The Morgan fingerprint density at radius 1 is 0.905 bits per heavy atom. The largest absolute Gasteiger partial charge is 0.410 e. The topological polar surface area (TPSA) is 38.9 Å². The van der Waals surface area contributed by atoms with Crippen molar-refractivity contribution in [2.45, 2.75) is 0 Å². The first kappa shape index (κ1) is 13.3. The van der Waals surface area contributed by atoms with Gasteiger partial charge in [-0.05, 0) is 54.5 Å². The minimum Gasteiger partial charge on any atom is -0.410 e. The van der Waals surface area contributed by atoms with Crippen molar-refractivity contribution in [1.82, 2.24) is 10.2 Å². The molecule has 0 N–H and O–H groups in total. The van der Waals surface area contributed by atoms with Crippen LogP contribution in [0.1, 0.15) is 11.5 Å². The first-order valence-corrected chi connectivity index (χ1v) is 6.45. The Balaban J connectivity index is 1.82. The van der Waals surface area contributed by atoms with E-state index < -0.39 is 0 Å². The number of benzene rings is 2. The molecule has 21 heavy (non-hydrogen) atoms. The maximum Gasteiger partial charge on any atom is 0.294 e. The number of hydrogen-bond donors (Lipinski definition) is 0. The molecule has 0 saturated heterocycles. The first-order chi connectivity index (χ1) is 10.2. The molecule has 0 spiro atoms. The van der Waals surface area contributed by atoms with E-state index in [1.54, 1.807) is 36.4 Å². The molecule has 0 radical (unpaired) electrons. The number of halogens is 2. The molecule has 0 aliphatic carbocycles. The number of hydrogen-bond acceptors (Lipinski definition) is 3. The van der Waals surface area contributed by atoms with Crippen molar-refractivity contribution in [3.8, 4) is 23.3 Å². The van der Waals surface area contributed by atoms with Crippen molar-refractivity contribution in [2.24, 2.45) is 0 Å². The SMILES string of the molecule is Fc1ccc(C#Cc2nnc(-c3ccc(Cl)cc3)o2)cc1. The summed E-state index contributed by atoms with van der Waals surface area (Å²) in [5.41, 5.74) is 1.43. The molecule has 0 atom stereocenters. The zero-order valence-electron chi connectivity index (χ0n) is 10.7. The summed E-state index contributed by atoms with van der Waals surface area (Å²) in [6.07, 6.45) is 0. The standard InChI is InChI=1S/C16H8ClFN2O/c17-13-6-4-12(5-7-13)16-20-19-15(21-16)10-3-11-1-8-14(18)9-2-11/h1-2,4-9H. The normalized spacial score (nSPS) is 10.0. The van der Waals surface area contributed by atoms with Gasteiger partial charge in [0.25, 0.3) is 5.89 Å². The molecule has 0 aliphatic heterocycles. The molecule has 3 aromatic rings. The Labute approximate surface area is 125 Å². The van der Waals surface area contributed by atoms with Gasteiger partial charge in [-0.15, -0.1) is 5.10 Å². The average molecular weight is 299 g/mol. The van der Waals surface area contributed by atoms with Crippen LogP contribution in [0.25, 0.3) is 11.5 Å². The minimum atomic E-state index is -0.302. The fourth-order valence-electron chi connectivity index (χ4n) is 1.64. The predicted octanol–water partition coefficient (Wildman–Crippen LogP) is 3.93. The second kappa shape index (κ2) is 5.78. The molecule has 3 nitrogen and oxygen atoms in total. The van der Waals surface area contributed by atoms with E-state index >= 15 is 0 Å². The summed E-state index contributed by atoms with van der Waals surface area (Å²) in [6.45, 7) is 0. The molecule has 0 fully saturated rings. The highest BCUT2D eigenvalue weighted by molar-refractivity contribution is 6.30. The van der Waals surface area contributed by atoms with E-state index in [9.17, 15) is 4.39 Å². The molecular weight excluding hydrogens is 291 g/mol. The van der Waals surface area contributed by atoms with Gasteiger partial charge in [0.1, 0.15) is 5.82 Å². The zero-order valence-corrected chi connectivity index (χ0v) is 11.4. The van der Waals surface area contributed by atoms with Crippen molar-refractivity contribution in [2.75, 3.05) is 0 Å². The Hall–Kier alpha value is -2.64. The maximum atomic E-state index is 12.8. The number of nitrogens with zero attached hydrogens (tertiary/aromatic N) is 2. The number of aromatic nitrogens is 2. The first-order valence-electron chi connectivity index (χ1n) is 6.08. The third-order valence-corrected chi connectivity index (χ3v) is 2.93. The summed E-state index contributed by atoms with van der Waals surface area (Å²) in [6, 6.07) is 12.9. The lowest BCUT2D eigenvalue weighted by Crippen LogP contribution is -1.77. The van der Waals surface area contributed by atoms with Crippen molar-refractivity contribution in [3.05, 3.63) is 70.8 Å². The second-order valence-corrected chi connectivity index (χ2v) is 4.61. The third kappa shape index (κ3) is 3.28. The van der Waals surface area contributed by atoms with Gasteiger partial charge in [-0.1, -0.05) is 22.6 Å². The van der Waals surface area contributed by atoms with Crippen LogP contribution in [-0.2, 0) is 0 Å². The summed E-state index contributed by atoms with van der Waals surface area (Å²) in [5, 5.41) is 8.40. The van der Waals surface area contributed by atoms with Crippen LogP contribution in [0.15, 0.2) is 52.9 Å². The molecule has 0 bridgehead atoms. The Morgan fingerprint density at radius 3 is 2.33 bits per heavy atom. The van der Waals surface area contributed by atoms with E-state index in [1.165, 1.54) is 12.1 Å². The minimum absolute atomic E-state index is 0.198. The van der Waals surface area contributed by atoms with Crippen LogP contribution in [0.2, 0.25) is 5.02 Å². The van der Waals surface area contributed by atoms with Crippen LogP contribution in [0.4, 0.5) is 4.39 Å². The molecule has 0 unspecified atom stereocenters. The summed E-state index contributed by atoms with van der Waals surface area (Å²) in [7, 11) is 0. The van der Waals surface area contributed by atoms with E-state index in [2.05, 4.69) is 22.0 Å². The van der Waals surface area contributed by atoms with Crippen LogP contribution in [-0.4, -0.2) is 10.2 Å². The lowest BCUT2D eigenvalue weighted by Gasteiger charge is -1.93. The molecule has 1 aromatic heterocycles. The van der Waals surface area contributed by atoms with Crippen LogP contribution < -0.4 is 0 Å². The van der Waals surface area contributed by atoms with Gasteiger partial charge in [0.2, 0.25) is 5.89 Å². The van der Waals surface area contributed by atoms with E-state index in [0.717, 1.165) is 5.56 Å². The highest BCUT2D eigenvalue weighted by Crippen LogP contribution is 2.19. The molecule has 0 aliphatic rings. The van der Waals surface area contributed by atoms with Crippen molar-refractivity contribution in [1.29, 1.82) is 0 Å². The lowest BCUT2D eigenvalue weighted by molar-refractivity contribution is 0.555. The molecule has 0 saturated carbocycles. The third-order valence-electron chi connectivity index (χ3n) is 2.67. The Bertz CT molecular complexity index is 814. The fourth-order valence-corrected chi connectivity index (χ4v) is 1.77. The van der Waals surface area contributed by atoms with Gasteiger partial charge in [-0.2, -0.15) is 0 Å². The highest BCUT2D eigenvalue weighted by atomic mass is 35.5. The summed E-state index contributed by atoms with van der Waals surface area (Å²) >= 11 is 5.82. The van der Waals surface area contributed by atoms with E-state index in [1.807, 2.05) is 0 Å². The molecule has 102 valence electrons. The molecule has 2 aromatic carbocycles. The van der Waals surface area contributed by atoms with Crippen LogP contribution in [0.3, 0.4) is 0 Å². The summed E-state index contributed by atoms with van der Waals surface area (Å²) in [4.78, 5) is 0. The van der Waals surface area contributed by atoms with Crippen molar-refractivity contribution >= 4 is 11.6 Å². The van der Waals surface area contributed by atoms with Gasteiger partial charge in [-0.25, -0.2) is 4.39 Å². The zero-order chi connectivity index (χ0) is 14.7. The van der Waals surface area contributed by atoms with Crippen molar-refractivity contribution < 1.29 is 8.81 Å². The van der Waals surface area contributed by atoms with Gasteiger partial charge in [-0.3, -0.25) is 0 Å². The van der Waals surface area contributed by atoms with Gasteiger partial charge in [0, 0.05) is 16.1 Å². The molecule has 0 amide bonds. The second-order valence-electron chi connectivity index (χ2n) is 4.18. The molecular formula is C16H8ClFN2O. The average Bonchev–Trinajstić information content (AvgIpc) is 2.96. The summed E-state index contributed by atoms with van der Waals surface area (Å²) in [5.74, 6) is 5.84. The van der Waals surface area contributed by atoms with E-state index in [4.69, 9.17) is 16.0 Å². The summed E-state index contributed by atoms with van der Waals surface area (Å²) < 4.78 is 18.2. The molecule has 5 heteroatoms. The molecule has 3 rings (SSSR count). The van der Waals surface area contributed by atoms with Gasteiger partial charge in [0.15, 0.2) is 0 Å². The maximum absolute atomic E-state index is 12.8. The Morgan fingerprint density at radius 2 is 1.62 bits per heavy atom. The van der Waals surface area contributed by atoms with Crippen LogP contribution in [0, 0.1) is 17.7 Å². The fraction of sp³-hybridized carbons (Fsp3) is 0. The quantitative estimate of drug-likeness (QED) is 0.639. The van der Waals surface area contributed by atoms with Gasteiger partial charge < -0.3 is 4.42 Å². The highest BCUT2D eigenvalue weighted by Gasteiger charge is 2.06. The van der Waals surface area contributed by atoms with Crippen molar-refractivity contribution in [3.63, 3.8) is 0 Å². The monoisotopic (exact) mass is 298 g/mol. The predicted molar refractivity (Wildman–Crippen MR) is 77.1 cm³/mol.